The number of anilines is 1. The summed E-state index contributed by atoms with van der Waals surface area (Å²) in [6.07, 6.45) is -3.51. The van der Waals surface area contributed by atoms with Gasteiger partial charge >= 0.3 is 6.18 Å². The van der Waals surface area contributed by atoms with Crippen LogP contribution < -0.4 is 5.32 Å². The first-order valence-corrected chi connectivity index (χ1v) is 6.38. The SMILES string of the molecule is Cc1c(NC2=CC(=O)N(CCO)C2=O)cccc1C(F)(F)F. The Morgan fingerprint density at radius 1 is 1.27 bits per heavy atom. The monoisotopic (exact) mass is 314 g/mol. The van der Waals surface area contributed by atoms with Crippen molar-refractivity contribution in [3.63, 3.8) is 0 Å². The largest absolute Gasteiger partial charge is 0.416 e. The zero-order chi connectivity index (χ0) is 16.5. The average Bonchev–Trinajstić information content (AvgIpc) is 2.68. The number of imide groups is 1. The Labute approximate surface area is 124 Å². The van der Waals surface area contributed by atoms with Crippen LogP contribution in [0.2, 0.25) is 0 Å². The lowest BCUT2D eigenvalue weighted by Gasteiger charge is -2.16. The molecule has 2 rings (SSSR count). The molecule has 5 nitrogen and oxygen atoms in total. The van der Waals surface area contributed by atoms with E-state index in [1.807, 2.05) is 0 Å². The number of alkyl halides is 3. The number of hydrogen-bond donors (Lipinski definition) is 2. The molecule has 2 N–H and O–H groups in total. The van der Waals surface area contributed by atoms with E-state index >= 15 is 0 Å². The van der Waals surface area contributed by atoms with Gasteiger partial charge in [-0.05, 0) is 24.6 Å². The van der Waals surface area contributed by atoms with Crippen LogP contribution in [0.4, 0.5) is 18.9 Å². The Bertz CT molecular complexity index is 653. The number of carbonyl (C=O) groups excluding carboxylic acids is 2. The first-order valence-electron chi connectivity index (χ1n) is 6.38. The van der Waals surface area contributed by atoms with Gasteiger partial charge in [-0.25, -0.2) is 0 Å². The summed E-state index contributed by atoms with van der Waals surface area (Å²) >= 11 is 0. The van der Waals surface area contributed by atoms with E-state index < -0.39 is 23.6 Å². The molecule has 2 amide bonds. The third kappa shape index (κ3) is 2.96. The number of amides is 2. The number of rotatable bonds is 4. The van der Waals surface area contributed by atoms with Crippen molar-refractivity contribution >= 4 is 17.5 Å². The molecule has 22 heavy (non-hydrogen) atoms. The third-order valence-electron chi connectivity index (χ3n) is 3.24. The van der Waals surface area contributed by atoms with Crippen molar-refractivity contribution in [2.75, 3.05) is 18.5 Å². The number of nitrogens with zero attached hydrogens (tertiary/aromatic N) is 1. The van der Waals surface area contributed by atoms with Crippen LogP contribution in [0.25, 0.3) is 0 Å². The maximum atomic E-state index is 12.8. The van der Waals surface area contributed by atoms with Crippen LogP contribution in [0.3, 0.4) is 0 Å². The molecular weight excluding hydrogens is 301 g/mol. The summed E-state index contributed by atoms with van der Waals surface area (Å²) in [6.45, 7) is 0.723. The van der Waals surface area contributed by atoms with Gasteiger partial charge in [0.1, 0.15) is 5.70 Å². The number of β-amino-alcohol motifs (C(OH)–C–C–N with tert-alkyl or cyclic N) is 1. The predicted octanol–water partition coefficient (Wildman–Crippen LogP) is 1.67. The third-order valence-corrected chi connectivity index (χ3v) is 3.24. The Hall–Kier alpha value is -2.35. The van der Waals surface area contributed by atoms with Crippen molar-refractivity contribution in [1.29, 1.82) is 0 Å². The number of nitrogens with one attached hydrogen (secondary N) is 1. The molecule has 8 heteroatoms. The van der Waals surface area contributed by atoms with Crippen molar-refractivity contribution in [1.82, 2.24) is 4.90 Å². The van der Waals surface area contributed by atoms with E-state index in [2.05, 4.69) is 5.32 Å². The van der Waals surface area contributed by atoms with E-state index in [1.165, 1.54) is 19.1 Å². The lowest BCUT2D eigenvalue weighted by atomic mass is 10.1. The number of benzene rings is 1. The molecule has 0 saturated heterocycles. The lowest BCUT2D eigenvalue weighted by molar-refractivity contribution is -0.138. The molecule has 0 radical (unpaired) electrons. The maximum absolute atomic E-state index is 12.8. The van der Waals surface area contributed by atoms with Gasteiger partial charge in [0, 0.05) is 11.8 Å². The molecule has 1 aromatic rings. The van der Waals surface area contributed by atoms with Gasteiger partial charge < -0.3 is 10.4 Å². The average molecular weight is 314 g/mol. The molecule has 0 bridgehead atoms. The molecule has 1 heterocycles. The van der Waals surface area contributed by atoms with Crippen molar-refractivity contribution in [3.05, 3.63) is 41.1 Å². The van der Waals surface area contributed by atoms with E-state index in [1.54, 1.807) is 0 Å². The summed E-state index contributed by atoms with van der Waals surface area (Å²) in [6, 6.07) is 3.54. The standard InChI is InChI=1S/C14H13F3N2O3/c1-8-9(14(15,16)17)3-2-4-10(8)18-11-7-12(21)19(5-6-20)13(11)22/h2-4,7,18,20H,5-6H2,1H3. The minimum absolute atomic E-state index is 0.0724. The molecular formula is C14H13F3N2O3. The number of hydrogen-bond acceptors (Lipinski definition) is 4. The van der Waals surface area contributed by atoms with Gasteiger partial charge in [-0.15, -0.1) is 0 Å². The summed E-state index contributed by atoms with van der Waals surface area (Å²) in [5.74, 6) is -1.30. The van der Waals surface area contributed by atoms with Gasteiger partial charge in [-0.1, -0.05) is 6.07 Å². The Morgan fingerprint density at radius 2 is 1.95 bits per heavy atom. The molecule has 118 valence electrons. The summed E-state index contributed by atoms with van der Waals surface area (Å²) in [5.41, 5.74) is -0.923. The summed E-state index contributed by atoms with van der Waals surface area (Å²) in [7, 11) is 0. The van der Waals surface area contributed by atoms with E-state index in [4.69, 9.17) is 5.11 Å². The lowest BCUT2D eigenvalue weighted by Crippen LogP contribution is -2.34. The Balaban J connectivity index is 2.28. The highest BCUT2D eigenvalue weighted by atomic mass is 19.4. The minimum atomic E-state index is -4.51. The quantitative estimate of drug-likeness (QED) is 0.830. The molecule has 0 aromatic heterocycles. The number of aliphatic hydroxyl groups excluding tert-OH is 1. The fraction of sp³-hybridized carbons (Fsp3) is 0.286. The van der Waals surface area contributed by atoms with Gasteiger partial charge in [0.15, 0.2) is 0 Å². The Kier molecular flexibility index (Phi) is 4.23. The second-order valence-corrected chi connectivity index (χ2v) is 4.68. The van der Waals surface area contributed by atoms with E-state index in [0.29, 0.717) is 0 Å². The molecule has 1 aromatic carbocycles. The van der Waals surface area contributed by atoms with Crippen LogP contribution in [-0.2, 0) is 15.8 Å². The van der Waals surface area contributed by atoms with E-state index in [9.17, 15) is 22.8 Å². The van der Waals surface area contributed by atoms with Crippen molar-refractivity contribution in [2.24, 2.45) is 0 Å². The fourth-order valence-corrected chi connectivity index (χ4v) is 2.13. The van der Waals surface area contributed by atoms with Gasteiger partial charge in [0.25, 0.3) is 11.8 Å². The van der Waals surface area contributed by atoms with Gasteiger partial charge in [0.05, 0.1) is 18.7 Å². The molecule has 0 unspecified atom stereocenters. The van der Waals surface area contributed by atoms with Crippen molar-refractivity contribution in [3.8, 4) is 0 Å². The zero-order valence-electron chi connectivity index (χ0n) is 11.6. The Morgan fingerprint density at radius 3 is 2.55 bits per heavy atom. The van der Waals surface area contributed by atoms with E-state index in [-0.39, 0.29) is 30.1 Å². The van der Waals surface area contributed by atoms with Gasteiger partial charge in [-0.3, -0.25) is 14.5 Å². The fourth-order valence-electron chi connectivity index (χ4n) is 2.13. The van der Waals surface area contributed by atoms with Crippen LogP contribution in [0.15, 0.2) is 30.0 Å². The zero-order valence-corrected chi connectivity index (χ0v) is 11.6. The van der Waals surface area contributed by atoms with Gasteiger partial charge in [0.2, 0.25) is 0 Å². The molecule has 1 aliphatic rings. The molecule has 1 aliphatic heterocycles. The summed E-state index contributed by atoms with van der Waals surface area (Å²) < 4.78 is 38.5. The molecule has 0 saturated carbocycles. The first kappa shape index (κ1) is 16.0. The van der Waals surface area contributed by atoms with Gasteiger partial charge in [-0.2, -0.15) is 13.2 Å². The molecule has 0 atom stereocenters. The van der Waals surface area contributed by atoms with Crippen molar-refractivity contribution < 1.29 is 27.9 Å². The predicted molar refractivity (Wildman–Crippen MR) is 71.7 cm³/mol. The smallest absolute Gasteiger partial charge is 0.395 e. The minimum Gasteiger partial charge on any atom is -0.395 e. The number of aliphatic hydroxyl groups is 1. The normalized spacial score (nSPS) is 15.3. The topological polar surface area (TPSA) is 69.6 Å². The number of halogens is 3. The van der Waals surface area contributed by atoms with Crippen LogP contribution in [0, 0.1) is 6.92 Å². The first-order chi connectivity index (χ1) is 10.3. The molecule has 0 aliphatic carbocycles. The van der Waals surface area contributed by atoms with E-state index in [0.717, 1.165) is 17.0 Å². The van der Waals surface area contributed by atoms with Crippen LogP contribution in [0.5, 0.6) is 0 Å². The highest BCUT2D eigenvalue weighted by Gasteiger charge is 2.34. The number of carbonyl (C=O) groups is 2. The van der Waals surface area contributed by atoms with Crippen LogP contribution in [0.1, 0.15) is 11.1 Å². The van der Waals surface area contributed by atoms with Crippen molar-refractivity contribution in [2.45, 2.75) is 13.1 Å². The summed E-state index contributed by atoms with van der Waals surface area (Å²) in [5, 5.41) is 11.4. The second kappa shape index (κ2) is 5.80. The molecule has 0 spiro atoms. The maximum Gasteiger partial charge on any atom is 0.416 e. The van der Waals surface area contributed by atoms with Crippen LogP contribution in [-0.4, -0.2) is 35.0 Å². The molecule has 0 fully saturated rings. The highest BCUT2D eigenvalue weighted by Crippen LogP contribution is 2.35. The van der Waals surface area contributed by atoms with Crippen LogP contribution >= 0.6 is 0 Å². The second-order valence-electron chi connectivity index (χ2n) is 4.68. The summed E-state index contributed by atoms with van der Waals surface area (Å²) in [4.78, 5) is 24.3. The highest BCUT2D eigenvalue weighted by molar-refractivity contribution is 6.17.